The van der Waals surface area contributed by atoms with Crippen LogP contribution in [0.5, 0.6) is 0 Å². The SMILES string of the molecule is CC(C)=CC[C@H](NC(=O)OCc1ccccc1)C(=O)NCC#N. The summed E-state index contributed by atoms with van der Waals surface area (Å²) in [6, 6.07) is 10.3. The third kappa shape index (κ3) is 7.67. The van der Waals surface area contributed by atoms with E-state index in [4.69, 9.17) is 10.00 Å². The molecular formula is C17H21N3O3. The highest BCUT2D eigenvalue weighted by molar-refractivity contribution is 5.85. The lowest BCUT2D eigenvalue weighted by Crippen LogP contribution is -2.46. The number of hydrogen-bond acceptors (Lipinski definition) is 4. The Bertz CT molecular complexity index is 587. The molecule has 0 radical (unpaired) electrons. The normalized spacial score (nSPS) is 10.8. The summed E-state index contributed by atoms with van der Waals surface area (Å²) in [6.45, 7) is 3.82. The fraction of sp³-hybridized carbons (Fsp3) is 0.353. The molecule has 0 unspecified atom stereocenters. The molecule has 1 atom stereocenters. The van der Waals surface area contributed by atoms with Crippen molar-refractivity contribution >= 4 is 12.0 Å². The molecule has 6 heteroatoms. The van der Waals surface area contributed by atoms with Crippen LogP contribution in [0.4, 0.5) is 4.79 Å². The van der Waals surface area contributed by atoms with Crippen molar-refractivity contribution in [3.05, 3.63) is 47.5 Å². The standard InChI is InChI=1S/C17H21N3O3/c1-13(2)8-9-15(16(21)19-11-10-18)20-17(22)23-12-14-6-4-3-5-7-14/h3-8,15H,9,11-12H2,1-2H3,(H,19,21)(H,20,22)/t15-/m0/s1. The highest BCUT2D eigenvalue weighted by Crippen LogP contribution is 2.03. The highest BCUT2D eigenvalue weighted by atomic mass is 16.5. The molecular weight excluding hydrogens is 294 g/mol. The second kappa shape index (κ2) is 10.0. The maximum Gasteiger partial charge on any atom is 0.408 e. The number of nitrogens with zero attached hydrogens (tertiary/aromatic N) is 1. The predicted octanol–water partition coefficient (Wildman–Crippen LogP) is 2.28. The Kier molecular flexibility index (Phi) is 7.94. The van der Waals surface area contributed by atoms with E-state index in [9.17, 15) is 9.59 Å². The second-order valence-electron chi connectivity index (χ2n) is 5.15. The van der Waals surface area contributed by atoms with E-state index < -0.39 is 18.0 Å². The number of amides is 2. The maximum absolute atomic E-state index is 12.0. The zero-order valence-electron chi connectivity index (χ0n) is 13.3. The molecule has 0 heterocycles. The van der Waals surface area contributed by atoms with Crippen LogP contribution in [-0.4, -0.2) is 24.6 Å². The molecule has 0 spiro atoms. The molecule has 2 N–H and O–H groups in total. The third-order valence-electron chi connectivity index (χ3n) is 2.92. The molecule has 0 aliphatic rings. The molecule has 0 saturated carbocycles. The summed E-state index contributed by atoms with van der Waals surface area (Å²) < 4.78 is 5.10. The van der Waals surface area contributed by atoms with E-state index >= 15 is 0 Å². The minimum atomic E-state index is -0.776. The monoisotopic (exact) mass is 315 g/mol. The lowest BCUT2D eigenvalue weighted by molar-refractivity contribution is -0.122. The Morgan fingerprint density at radius 2 is 2.00 bits per heavy atom. The van der Waals surface area contributed by atoms with Gasteiger partial charge in [0.25, 0.3) is 0 Å². The van der Waals surface area contributed by atoms with E-state index in [1.807, 2.05) is 56.3 Å². The summed E-state index contributed by atoms with van der Waals surface area (Å²) in [4.78, 5) is 23.8. The fourth-order valence-corrected chi connectivity index (χ4v) is 1.74. The number of rotatable bonds is 7. The van der Waals surface area contributed by atoms with E-state index in [-0.39, 0.29) is 13.2 Å². The van der Waals surface area contributed by atoms with Crippen LogP contribution in [0.2, 0.25) is 0 Å². The minimum absolute atomic E-state index is 0.106. The van der Waals surface area contributed by atoms with E-state index in [1.165, 1.54) is 0 Å². The summed E-state index contributed by atoms with van der Waals surface area (Å²) in [6.07, 6.45) is 1.50. The van der Waals surface area contributed by atoms with Crippen molar-refractivity contribution in [2.24, 2.45) is 0 Å². The first kappa shape index (κ1) is 18.2. The molecule has 1 aromatic carbocycles. The average molecular weight is 315 g/mol. The average Bonchev–Trinajstić information content (AvgIpc) is 2.55. The molecule has 23 heavy (non-hydrogen) atoms. The minimum Gasteiger partial charge on any atom is -0.445 e. The number of alkyl carbamates (subject to hydrolysis) is 1. The maximum atomic E-state index is 12.0. The topological polar surface area (TPSA) is 91.2 Å². The highest BCUT2D eigenvalue weighted by Gasteiger charge is 2.20. The Morgan fingerprint density at radius 1 is 1.30 bits per heavy atom. The molecule has 0 aliphatic carbocycles. The van der Waals surface area contributed by atoms with Crippen LogP contribution < -0.4 is 10.6 Å². The molecule has 1 rings (SSSR count). The van der Waals surface area contributed by atoms with Crippen molar-refractivity contribution in [3.63, 3.8) is 0 Å². The molecule has 6 nitrogen and oxygen atoms in total. The van der Waals surface area contributed by atoms with Gasteiger partial charge in [-0.05, 0) is 25.8 Å². The van der Waals surface area contributed by atoms with Gasteiger partial charge in [0.2, 0.25) is 5.91 Å². The number of nitriles is 1. The van der Waals surface area contributed by atoms with Gasteiger partial charge in [-0.1, -0.05) is 42.0 Å². The van der Waals surface area contributed by atoms with Crippen LogP contribution >= 0.6 is 0 Å². The van der Waals surface area contributed by atoms with Gasteiger partial charge in [0.15, 0.2) is 0 Å². The molecule has 0 aliphatic heterocycles. The van der Waals surface area contributed by atoms with Crippen molar-refractivity contribution in [2.75, 3.05) is 6.54 Å². The van der Waals surface area contributed by atoms with E-state index in [2.05, 4.69) is 10.6 Å². The van der Waals surface area contributed by atoms with Gasteiger partial charge in [-0.25, -0.2) is 4.79 Å². The first-order valence-corrected chi connectivity index (χ1v) is 7.28. The lowest BCUT2D eigenvalue weighted by Gasteiger charge is -2.16. The molecule has 2 amide bonds. The first-order chi connectivity index (χ1) is 11.0. The van der Waals surface area contributed by atoms with Crippen molar-refractivity contribution in [2.45, 2.75) is 32.9 Å². The van der Waals surface area contributed by atoms with Gasteiger partial charge in [-0.15, -0.1) is 0 Å². The largest absolute Gasteiger partial charge is 0.445 e. The number of carbonyl (C=O) groups excluding carboxylic acids is 2. The Balaban J connectivity index is 2.56. The zero-order valence-corrected chi connectivity index (χ0v) is 13.3. The fourth-order valence-electron chi connectivity index (χ4n) is 1.74. The first-order valence-electron chi connectivity index (χ1n) is 7.28. The van der Waals surface area contributed by atoms with Crippen molar-refractivity contribution < 1.29 is 14.3 Å². The Hall–Kier alpha value is -2.81. The van der Waals surface area contributed by atoms with Gasteiger partial charge in [-0.2, -0.15) is 5.26 Å². The van der Waals surface area contributed by atoms with Gasteiger partial charge >= 0.3 is 6.09 Å². The third-order valence-corrected chi connectivity index (χ3v) is 2.92. The number of ether oxygens (including phenoxy) is 1. The van der Waals surface area contributed by atoms with E-state index in [0.29, 0.717) is 6.42 Å². The molecule has 0 saturated heterocycles. The van der Waals surface area contributed by atoms with Crippen LogP contribution in [0, 0.1) is 11.3 Å². The van der Waals surface area contributed by atoms with Crippen LogP contribution in [0.25, 0.3) is 0 Å². The van der Waals surface area contributed by atoms with Crippen molar-refractivity contribution in [3.8, 4) is 6.07 Å². The number of allylic oxidation sites excluding steroid dienone is 1. The number of nitrogens with one attached hydrogen (secondary N) is 2. The van der Waals surface area contributed by atoms with Crippen LogP contribution in [0.1, 0.15) is 25.8 Å². The number of carbonyl (C=O) groups is 2. The summed E-state index contributed by atoms with van der Waals surface area (Å²) in [5, 5.41) is 13.5. The van der Waals surface area contributed by atoms with Gasteiger partial charge in [0.05, 0.1) is 6.07 Å². The predicted molar refractivity (Wildman–Crippen MR) is 86.2 cm³/mol. The quantitative estimate of drug-likeness (QED) is 0.596. The molecule has 0 bridgehead atoms. The van der Waals surface area contributed by atoms with Crippen LogP contribution in [0.15, 0.2) is 42.0 Å². The van der Waals surface area contributed by atoms with E-state index in [0.717, 1.165) is 11.1 Å². The summed E-state index contributed by atoms with van der Waals surface area (Å²) in [5.41, 5.74) is 1.89. The summed E-state index contributed by atoms with van der Waals surface area (Å²) in [7, 11) is 0. The molecule has 1 aromatic rings. The zero-order chi connectivity index (χ0) is 17.1. The molecule has 122 valence electrons. The molecule has 0 aromatic heterocycles. The van der Waals surface area contributed by atoms with Crippen LogP contribution in [0.3, 0.4) is 0 Å². The second-order valence-corrected chi connectivity index (χ2v) is 5.15. The Labute approximate surface area is 136 Å². The van der Waals surface area contributed by atoms with Gasteiger partial charge in [-0.3, -0.25) is 4.79 Å². The summed E-state index contributed by atoms with van der Waals surface area (Å²) >= 11 is 0. The van der Waals surface area contributed by atoms with Crippen molar-refractivity contribution in [1.29, 1.82) is 5.26 Å². The Morgan fingerprint density at radius 3 is 2.61 bits per heavy atom. The van der Waals surface area contributed by atoms with E-state index in [1.54, 1.807) is 0 Å². The van der Waals surface area contributed by atoms with Gasteiger partial charge in [0, 0.05) is 0 Å². The molecule has 0 fully saturated rings. The number of hydrogen-bond donors (Lipinski definition) is 2. The smallest absolute Gasteiger partial charge is 0.408 e. The van der Waals surface area contributed by atoms with Crippen LogP contribution in [-0.2, 0) is 16.1 Å². The number of benzene rings is 1. The van der Waals surface area contributed by atoms with Crippen molar-refractivity contribution in [1.82, 2.24) is 10.6 Å². The summed E-state index contributed by atoms with van der Waals surface area (Å²) in [5.74, 6) is -0.416. The lowest BCUT2D eigenvalue weighted by atomic mass is 10.1. The van der Waals surface area contributed by atoms with Gasteiger partial charge < -0.3 is 15.4 Å². The van der Waals surface area contributed by atoms with Gasteiger partial charge in [0.1, 0.15) is 19.2 Å².